The average Bonchev–Trinajstić information content (AvgIpc) is 2.33. The fourth-order valence-corrected chi connectivity index (χ4v) is 3.61. The Morgan fingerprint density at radius 3 is 2.47 bits per heavy atom. The zero-order valence-corrected chi connectivity index (χ0v) is 11.7. The number of nitrogens with zero attached hydrogens (tertiary/aromatic N) is 1. The molecule has 0 aromatic heterocycles. The van der Waals surface area contributed by atoms with Crippen LogP contribution >= 0.6 is 0 Å². The molecule has 1 aliphatic carbocycles. The molecule has 1 saturated carbocycles. The molecule has 2 aliphatic rings. The molecule has 17 heavy (non-hydrogen) atoms. The Morgan fingerprint density at radius 1 is 1.12 bits per heavy atom. The summed E-state index contributed by atoms with van der Waals surface area (Å²) in [5.74, 6) is 2.52. The molecule has 0 spiro atoms. The van der Waals surface area contributed by atoms with Crippen LogP contribution in [0.4, 0.5) is 0 Å². The van der Waals surface area contributed by atoms with Crippen LogP contribution in [0.3, 0.4) is 0 Å². The molecule has 3 atom stereocenters. The normalized spacial score (nSPS) is 36.4. The summed E-state index contributed by atoms with van der Waals surface area (Å²) in [6.45, 7) is 8.65. The second-order valence-corrected chi connectivity index (χ2v) is 6.60. The van der Waals surface area contributed by atoms with E-state index in [1.54, 1.807) is 0 Å². The first-order valence-corrected chi connectivity index (χ1v) is 7.64. The Balaban J connectivity index is 1.84. The van der Waals surface area contributed by atoms with E-state index in [4.69, 9.17) is 5.73 Å². The minimum absolute atomic E-state index is 0.465. The lowest BCUT2D eigenvalue weighted by Gasteiger charge is -2.39. The van der Waals surface area contributed by atoms with Gasteiger partial charge in [0.2, 0.25) is 0 Å². The van der Waals surface area contributed by atoms with Crippen LogP contribution in [-0.4, -0.2) is 30.6 Å². The second kappa shape index (κ2) is 6.19. The van der Waals surface area contributed by atoms with Gasteiger partial charge >= 0.3 is 0 Å². The van der Waals surface area contributed by atoms with E-state index in [1.807, 2.05) is 0 Å². The summed E-state index contributed by atoms with van der Waals surface area (Å²) in [6, 6.07) is 0.465. The topological polar surface area (TPSA) is 29.3 Å². The van der Waals surface area contributed by atoms with E-state index < -0.39 is 0 Å². The highest BCUT2D eigenvalue weighted by atomic mass is 15.1. The van der Waals surface area contributed by atoms with E-state index in [1.165, 1.54) is 58.2 Å². The van der Waals surface area contributed by atoms with Gasteiger partial charge in [0.25, 0.3) is 0 Å². The molecule has 0 amide bonds. The Labute approximate surface area is 107 Å². The Kier molecular flexibility index (Phi) is 4.87. The number of piperidine rings is 1. The van der Waals surface area contributed by atoms with E-state index in [0.29, 0.717) is 6.04 Å². The van der Waals surface area contributed by atoms with Gasteiger partial charge in [-0.25, -0.2) is 0 Å². The summed E-state index contributed by atoms with van der Waals surface area (Å²) in [6.07, 6.45) is 8.21. The SMILES string of the molecule is CC(C)C1CCC(N)C(CN2CCCCC2)C1. The molecule has 100 valence electrons. The van der Waals surface area contributed by atoms with Gasteiger partial charge in [-0.05, 0) is 62.9 Å². The number of hydrogen-bond donors (Lipinski definition) is 1. The third-order valence-corrected chi connectivity index (χ3v) is 4.97. The van der Waals surface area contributed by atoms with Crippen molar-refractivity contribution in [2.24, 2.45) is 23.5 Å². The highest BCUT2D eigenvalue weighted by Crippen LogP contribution is 2.33. The molecule has 3 unspecified atom stereocenters. The quantitative estimate of drug-likeness (QED) is 0.819. The molecule has 2 heteroatoms. The maximum absolute atomic E-state index is 6.33. The van der Waals surface area contributed by atoms with Crippen LogP contribution in [0.1, 0.15) is 52.4 Å². The van der Waals surface area contributed by atoms with Crippen LogP contribution in [0.5, 0.6) is 0 Å². The fraction of sp³-hybridized carbons (Fsp3) is 1.00. The van der Waals surface area contributed by atoms with Gasteiger partial charge in [0, 0.05) is 12.6 Å². The summed E-state index contributed by atoms with van der Waals surface area (Å²) in [7, 11) is 0. The Bertz CT molecular complexity index is 221. The lowest BCUT2D eigenvalue weighted by atomic mass is 9.73. The smallest absolute Gasteiger partial charge is 0.00795 e. The molecule has 0 bridgehead atoms. The lowest BCUT2D eigenvalue weighted by Crippen LogP contribution is -2.45. The van der Waals surface area contributed by atoms with E-state index in [-0.39, 0.29) is 0 Å². The molecule has 1 aliphatic heterocycles. The van der Waals surface area contributed by atoms with Crippen LogP contribution < -0.4 is 5.73 Å². The Hall–Kier alpha value is -0.0800. The van der Waals surface area contributed by atoms with Gasteiger partial charge in [0.1, 0.15) is 0 Å². The molecule has 2 rings (SSSR count). The lowest BCUT2D eigenvalue weighted by molar-refractivity contribution is 0.124. The van der Waals surface area contributed by atoms with Crippen LogP contribution in [-0.2, 0) is 0 Å². The van der Waals surface area contributed by atoms with Crippen LogP contribution in [0.15, 0.2) is 0 Å². The van der Waals surface area contributed by atoms with Crippen molar-refractivity contribution >= 4 is 0 Å². The van der Waals surface area contributed by atoms with Crippen molar-refractivity contribution in [2.75, 3.05) is 19.6 Å². The fourth-order valence-electron chi connectivity index (χ4n) is 3.61. The summed E-state index contributed by atoms with van der Waals surface area (Å²) in [5.41, 5.74) is 6.33. The average molecular weight is 238 g/mol. The molecular formula is C15H30N2. The van der Waals surface area contributed by atoms with Crippen molar-refractivity contribution in [2.45, 2.75) is 58.4 Å². The van der Waals surface area contributed by atoms with Crippen molar-refractivity contribution in [1.82, 2.24) is 4.90 Å². The summed E-state index contributed by atoms with van der Waals surface area (Å²) >= 11 is 0. The number of rotatable bonds is 3. The molecular weight excluding hydrogens is 208 g/mol. The van der Waals surface area contributed by atoms with Crippen LogP contribution in [0, 0.1) is 17.8 Å². The van der Waals surface area contributed by atoms with Crippen molar-refractivity contribution in [3.63, 3.8) is 0 Å². The van der Waals surface area contributed by atoms with Crippen molar-refractivity contribution in [1.29, 1.82) is 0 Å². The molecule has 2 N–H and O–H groups in total. The van der Waals surface area contributed by atoms with Gasteiger partial charge in [0.15, 0.2) is 0 Å². The summed E-state index contributed by atoms with van der Waals surface area (Å²) in [4.78, 5) is 2.66. The predicted octanol–water partition coefficient (Wildman–Crippen LogP) is 2.87. The predicted molar refractivity (Wildman–Crippen MR) is 73.9 cm³/mol. The minimum Gasteiger partial charge on any atom is -0.327 e. The highest BCUT2D eigenvalue weighted by Gasteiger charge is 2.30. The molecule has 0 radical (unpaired) electrons. The van der Waals surface area contributed by atoms with Gasteiger partial charge in [0.05, 0.1) is 0 Å². The largest absolute Gasteiger partial charge is 0.327 e. The summed E-state index contributed by atoms with van der Waals surface area (Å²) < 4.78 is 0. The van der Waals surface area contributed by atoms with Gasteiger partial charge in [-0.15, -0.1) is 0 Å². The first-order valence-electron chi connectivity index (χ1n) is 7.64. The van der Waals surface area contributed by atoms with Crippen molar-refractivity contribution < 1.29 is 0 Å². The van der Waals surface area contributed by atoms with E-state index in [0.717, 1.165) is 17.8 Å². The molecule has 1 saturated heterocycles. The van der Waals surface area contributed by atoms with Gasteiger partial charge in [-0.1, -0.05) is 20.3 Å². The molecule has 1 heterocycles. The number of likely N-dealkylation sites (tertiary alicyclic amines) is 1. The first kappa shape index (κ1) is 13.4. The third-order valence-electron chi connectivity index (χ3n) is 4.97. The maximum Gasteiger partial charge on any atom is 0.00795 e. The number of nitrogens with two attached hydrogens (primary N) is 1. The molecule has 2 nitrogen and oxygen atoms in total. The van der Waals surface area contributed by atoms with E-state index in [9.17, 15) is 0 Å². The van der Waals surface area contributed by atoms with Gasteiger partial charge in [-0.3, -0.25) is 0 Å². The van der Waals surface area contributed by atoms with Crippen LogP contribution in [0.25, 0.3) is 0 Å². The first-order chi connectivity index (χ1) is 8.16. The molecule has 2 fully saturated rings. The monoisotopic (exact) mass is 238 g/mol. The standard InChI is InChI=1S/C15H30N2/c1-12(2)13-6-7-15(16)14(10-13)11-17-8-4-3-5-9-17/h12-15H,3-11,16H2,1-2H3. The van der Waals surface area contributed by atoms with Gasteiger partial charge in [-0.2, -0.15) is 0 Å². The zero-order chi connectivity index (χ0) is 12.3. The Morgan fingerprint density at radius 2 is 1.82 bits per heavy atom. The van der Waals surface area contributed by atoms with Crippen molar-refractivity contribution in [3.05, 3.63) is 0 Å². The maximum atomic E-state index is 6.33. The van der Waals surface area contributed by atoms with E-state index >= 15 is 0 Å². The molecule has 0 aromatic rings. The highest BCUT2D eigenvalue weighted by molar-refractivity contribution is 4.86. The molecule has 0 aromatic carbocycles. The second-order valence-electron chi connectivity index (χ2n) is 6.60. The van der Waals surface area contributed by atoms with Crippen molar-refractivity contribution in [3.8, 4) is 0 Å². The van der Waals surface area contributed by atoms with Crippen LogP contribution in [0.2, 0.25) is 0 Å². The third kappa shape index (κ3) is 3.69. The number of hydrogen-bond acceptors (Lipinski definition) is 2. The minimum atomic E-state index is 0.465. The van der Waals surface area contributed by atoms with Gasteiger partial charge < -0.3 is 10.6 Å². The summed E-state index contributed by atoms with van der Waals surface area (Å²) in [5, 5.41) is 0. The van der Waals surface area contributed by atoms with E-state index in [2.05, 4.69) is 18.7 Å². The zero-order valence-electron chi connectivity index (χ0n) is 11.7.